The van der Waals surface area contributed by atoms with Crippen LogP contribution in [0.3, 0.4) is 0 Å². The first-order chi connectivity index (χ1) is 6.69. The van der Waals surface area contributed by atoms with Gasteiger partial charge in [-0.2, -0.15) is 0 Å². The van der Waals surface area contributed by atoms with Crippen LogP contribution in [0.15, 0.2) is 30.9 Å². The van der Waals surface area contributed by atoms with Crippen molar-refractivity contribution in [3.05, 3.63) is 47.0 Å². The summed E-state index contributed by atoms with van der Waals surface area (Å²) in [4.78, 5) is 0. The summed E-state index contributed by atoms with van der Waals surface area (Å²) < 4.78 is 0. The molecule has 1 unspecified atom stereocenters. The maximum Gasteiger partial charge on any atom is 0.0497 e. The number of nitrogens with two attached hydrogens (primary N) is 1. The Labute approximate surface area is 89.7 Å². The van der Waals surface area contributed by atoms with Gasteiger partial charge in [0.1, 0.15) is 0 Å². The molecule has 0 heterocycles. The van der Waals surface area contributed by atoms with Crippen LogP contribution in [-0.2, 0) is 0 Å². The van der Waals surface area contributed by atoms with Crippen LogP contribution in [0.4, 0.5) is 0 Å². The Kier molecular flexibility index (Phi) is 4.14. The lowest BCUT2D eigenvalue weighted by Crippen LogP contribution is -2.28. The van der Waals surface area contributed by atoms with Crippen molar-refractivity contribution in [2.24, 2.45) is 5.84 Å². The Balaban J connectivity index is 3.01. The van der Waals surface area contributed by atoms with E-state index >= 15 is 0 Å². The Morgan fingerprint density at radius 3 is 2.93 bits per heavy atom. The van der Waals surface area contributed by atoms with Crippen LogP contribution in [0, 0.1) is 6.92 Å². The fourth-order valence-electron chi connectivity index (χ4n) is 1.44. The molecule has 0 bridgehead atoms. The van der Waals surface area contributed by atoms with Gasteiger partial charge in [-0.1, -0.05) is 23.7 Å². The van der Waals surface area contributed by atoms with Gasteiger partial charge in [0.05, 0.1) is 0 Å². The van der Waals surface area contributed by atoms with Crippen LogP contribution in [-0.4, -0.2) is 0 Å². The number of hydrazine groups is 1. The van der Waals surface area contributed by atoms with Crippen LogP contribution in [0.5, 0.6) is 0 Å². The van der Waals surface area contributed by atoms with E-state index in [-0.39, 0.29) is 6.04 Å². The van der Waals surface area contributed by atoms with Crippen molar-refractivity contribution in [1.29, 1.82) is 0 Å². The minimum absolute atomic E-state index is 0.0891. The first-order valence-corrected chi connectivity index (χ1v) is 4.90. The quantitative estimate of drug-likeness (QED) is 0.456. The predicted molar refractivity (Wildman–Crippen MR) is 61.1 cm³/mol. The predicted octanol–water partition coefficient (Wildman–Crippen LogP) is 2.73. The molecule has 0 aliphatic rings. The Bertz CT molecular complexity index is 323. The molecule has 1 aromatic carbocycles. The lowest BCUT2D eigenvalue weighted by molar-refractivity contribution is 0.559. The fourth-order valence-corrected chi connectivity index (χ4v) is 1.62. The summed E-state index contributed by atoms with van der Waals surface area (Å²) in [6.45, 7) is 5.74. The maximum atomic E-state index is 5.92. The number of hydrogen-bond acceptors (Lipinski definition) is 2. The molecule has 76 valence electrons. The highest BCUT2D eigenvalue weighted by Gasteiger charge is 2.10. The molecule has 3 N–H and O–H groups in total. The number of benzene rings is 1. The van der Waals surface area contributed by atoms with Crippen molar-refractivity contribution in [3.63, 3.8) is 0 Å². The zero-order valence-corrected chi connectivity index (χ0v) is 9.01. The van der Waals surface area contributed by atoms with E-state index in [9.17, 15) is 0 Å². The maximum absolute atomic E-state index is 5.92. The van der Waals surface area contributed by atoms with Gasteiger partial charge in [-0.05, 0) is 36.6 Å². The summed E-state index contributed by atoms with van der Waals surface area (Å²) in [5.74, 6) is 5.47. The summed E-state index contributed by atoms with van der Waals surface area (Å²) in [6.07, 6.45) is 2.63. The highest BCUT2D eigenvalue weighted by molar-refractivity contribution is 6.30. The van der Waals surface area contributed by atoms with Crippen LogP contribution >= 0.6 is 11.6 Å². The van der Waals surface area contributed by atoms with E-state index in [4.69, 9.17) is 17.4 Å². The minimum atomic E-state index is 0.0891. The molecule has 14 heavy (non-hydrogen) atoms. The lowest BCUT2D eigenvalue weighted by atomic mass is 9.99. The van der Waals surface area contributed by atoms with Crippen molar-refractivity contribution in [1.82, 2.24) is 5.43 Å². The van der Waals surface area contributed by atoms with E-state index in [0.717, 1.165) is 17.0 Å². The van der Waals surface area contributed by atoms with Gasteiger partial charge in [0, 0.05) is 11.1 Å². The highest BCUT2D eigenvalue weighted by Crippen LogP contribution is 2.23. The topological polar surface area (TPSA) is 38.0 Å². The molecule has 0 saturated carbocycles. The molecule has 2 nitrogen and oxygen atoms in total. The Morgan fingerprint density at radius 1 is 1.64 bits per heavy atom. The zero-order chi connectivity index (χ0) is 10.6. The second-order valence-electron chi connectivity index (χ2n) is 3.24. The molecule has 1 rings (SSSR count). The smallest absolute Gasteiger partial charge is 0.0497 e. The van der Waals surface area contributed by atoms with Crippen molar-refractivity contribution in [2.75, 3.05) is 0 Å². The summed E-state index contributed by atoms with van der Waals surface area (Å²) in [5, 5.41) is 0.731. The molecule has 1 atom stereocenters. The lowest BCUT2D eigenvalue weighted by Gasteiger charge is -2.16. The SMILES string of the molecule is C=CCC(NN)c1cc(Cl)ccc1C. The normalized spacial score (nSPS) is 12.5. The van der Waals surface area contributed by atoms with Crippen molar-refractivity contribution < 1.29 is 0 Å². The second-order valence-corrected chi connectivity index (χ2v) is 3.68. The molecule has 3 heteroatoms. The highest BCUT2D eigenvalue weighted by atomic mass is 35.5. The van der Waals surface area contributed by atoms with Gasteiger partial charge in [0.25, 0.3) is 0 Å². The fraction of sp³-hybridized carbons (Fsp3) is 0.273. The first-order valence-electron chi connectivity index (χ1n) is 4.52. The molecule has 0 aromatic heterocycles. The molecular formula is C11H15ClN2. The van der Waals surface area contributed by atoms with Crippen LogP contribution in [0.2, 0.25) is 5.02 Å². The van der Waals surface area contributed by atoms with Gasteiger partial charge >= 0.3 is 0 Å². The summed E-state index contributed by atoms with van der Waals surface area (Å²) >= 11 is 5.92. The third-order valence-electron chi connectivity index (χ3n) is 2.22. The molecule has 1 aromatic rings. The first kappa shape index (κ1) is 11.2. The summed E-state index contributed by atoms with van der Waals surface area (Å²) in [5.41, 5.74) is 5.06. The van der Waals surface area contributed by atoms with E-state index in [2.05, 4.69) is 12.0 Å². The van der Waals surface area contributed by atoms with E-state index in [1.807, 2.05) is 31.2 Å². The molecule has 0 fully saturated rings. The van der Waals surface area contributed by atoms with Gasteiger partial charge in [0.2, 0.25) is 0 Å². The van der Waals surface area contributed by atoms with Gasteiger partial charge in [-0.3, -0.25) is 11.3 Å². The average molecular weight is 211 g/mol. The number of hydrogen-bond donors (Lipinski definition) is 2. The van der Waals surface area contributed by atoms with Gasteiger partial charge in [-0.15, -0.1) is 6.58 Å². The van der Waals surface area contributed by atoms with Crippen LogP contribution in [0.1, 0.15) is 23.6 Å². The molecule has 0 aliphatic carbocycles. The average Bonchev–Trinajstić information content (AvgIpc) is 2.18. The largest absolute Gasteiger partial charge is 0.271 e. The monoisotopic (exact) mass is 210 g/mol. The Hall–Kier alpha value is -0.830. The van der Waals surface area contributed by atoms with Crippen molar-refractivity contribution in [2.45, 2.75) is 19.4 Å². The third kappa shape index (κ3) is 2.58. The summed E-state index contributed by atoms with van der Waals surface area (Å²) in [7, 11) is 0. The van der Waals surface area contributed by atoms with Crippen molar-refractivity contribution >= 4 is 11.6 Å². The zero-order valence-electron chi connectivity index (χ0n) is 8.26. The minimum Gasteiger partial charge on any atom is -0.271 e. The van der Waals surface area contributed by atoms with Gasteiger partial charge in [0.15, 0.2) is 0 Å². The molecule has 0 saturated heterocycles. The molecule has 0 aliphatic heterocycles. The van der Waals surface area contributed by atoms with Gasteiger partial charge < -0.3 is 0 Å². The van der Waals surface area contributed by atoms with E-state index in [0.29, 0.717) is 0 Å². The second kappa shape index (κ2) is 5.15. The number of nitrogens with one attached hydrogen (secondary N) is 1. The standard InChI is InChI=1S/C11H15ClN2/c1-3-4-11(14-13)10-7-9(12)6-5-8(10)2/h3,5-7,11,14H,1,4,13H2,2H3. The Morgan fingerprint density at radius 2 is 2.36 bits per heavy atom. The van der Waals surface area contributed by atoms with E-state index in [1.54, 1.807) is 0 Å². The van der Waals surface area contributed by atoms with E-state index < -0.39 is 0 Å². The number of halogens is 1. The summed E-state index contributed by atoms with van der Waals surface area (Å²) in [6, 6.07) is 5.89. The third-order valence-corrected chi connectivity index (χ3v) is 2.46. The molecule has 0 radical (unpaired) electrons. The molecular weight excluding hydrogens is 196 g/mol. The number of rotatable bonds is 4. The van der Waals surface area contributed by atoms with Gasteiger partial charge in [-0.25, -0.2) is 0 Å². The van der Waals surface area contributed by atoms with E-state index in [1.165, 1.54) is 5.56 Å². The van der Waals surface area contributed by atoms with Crippen LogP contribution < -0.4 is 11.3 Å². The molecule has 0 spiro atoms. The van der Waals surface area contributed by atoms with Crippen LogP contribution in [0.25, 0.3) is 0 Å². The molecule has 0 amide bonds. The van der Waals surface area contributed by atoms with Crippen molar-refractivity contribution in [3.8, 4) is 0 Å². The number of aryl methyl sites for hydroxylation is 1.